The molecule has 166 valence electrons. The number of para-hydroxylation sites is 1. The summed E-state index contributed by atoms with van der Waals surface area (Å²) in [4.78, 5) is 31.1. The van der Waals surface area contributed by atoms with Crippen LogP contribution in [0.5, 0.6) is 11.5 Å². The highest BCUT2D eigenvalue weighted by Crippen LogP contribution is 2.32. The van der Waals surface area contributed by atoms with Crippen LogP contribution in [0, 0.1) is 17.0 Å². The molecule has 0 aliphatic rings. The molecule has 0 aliphatic heterocycles. The fourth-order valence-electron chi connectivity index (χ4n) is 2.88. The monoisotopic (exact) mass is 457 g/mol. The average Bonchev–Trinajstić information content (AvgIpc) is 2.79. The normalized spacial score (nSPS) is 10.4. The predicted molar refractivity (Wildman–Crippen MR) is 119 cm³/mol. The van der Waals surface area contributed by atoms with Gasteiger partial charge in [-0.1, -0.05) is 23.7 Å². The van der Waals surface area contributed by atoms with Crippen LogP contribution in [0.25, 0.3) is 0 Å². The van der Waals surface area contributed by atoms with Crippen molar-refractivity contribution in [2.24, 2.45) is 0 Å². The maximum Gasteiger partial charge on any atom is 0.293 e. The highest BCUT2D eigenvalue weighted by Gasteiger charge is 2.17. The Balaban J connectivity index is 1.75. The van der Waals surface area contributed by atoms with Crippen LogP contribution < -0.4 is 20.1 Å². The van der Waals surface area contributed by atoms with Gasteiger partial charge in [0.25, 0.3) is 11.6 Å². The number of hydrogen-bond donors (Lipinski definition) is 2. The highest BCUT2D eigenvalue weighted by atomic mass is 35.5. The number of aryl methyl sites for hydroxylation is 1. The Bertz CT molecular complexity index is 1150. The van der Waals surface area contributed by atoms with Crippen molar-refractivity contribution < 1.29 is 19.2 Å². The Kier molecular flexibility index (Phi) is 7.06. The number of ether oxygens (including phenoxy) is 2. The van der Waals surface area contributed by atoms with Gasteiger partial charge in [-0.25, -0.2) is 9.97 Å². The smallest absolute Gasteiger partial charge is 0.293 e. The van der Waals surface area contributed by atoms with Crippen LogP contribution in [0.3, 0.4) is 0 Å². The summed E-state index contributed by atoms with van der Waals surface area (Å²) in [6.45, 7) is 1.79. The maximum absolute atomic E-state index is 12.0. The van der Waals surface area contributed by atoms with Gasteiger partial charge in [-0.2, -0.15) is 0 Å². The van der Waals surface area contributed by atoms with Crippen molar-refractivity contribution in [2.45, 2.75) is 13.5 Å². The van der Waals surface area contributed by atoms with Crippen LogP contribution in [0.1, 0.15) is 21.5 Å². The number of nitrogens with one attached hydrogen (secondary N) is 2. The zero-order chi connectivity index (χ0) is 23.3. The summed E-state index contributed by atoms with van der Waals surface area (Å²) in [5.41, 5.74) is 1.85. The Morgan fingerprint density at radius 1 is 1.25 bits per heavy atom. The lowest BCUT2D eigenvalue weighted by molar-refractivity contribution is -0.384. The molecule has 0 spiro atoms. The molecule has 0 bridgehead atoms. The van der Waals surface area contributed by atoms with E-state index in [1.807, 2.05) is 0 Å². The van der Waals surface area contributed by atoms with E-state index in [1.54, 1.807) is 31.2 Å². The molecular weight excluding hydrogens is 438 g/mol. The first kappa shape index (κ1) is 22.8. The molecule has 10 nitrogen and oxygen atoms in total. The minimum absolute atomic E-state index is 0.0411. The number of anilines is 2. The molecule has 32 heavy (non-hydrogen) atoms. The number of carbonyl (C=O) groups excluding carboxylic acids is 1. The summed E-state index contributed by atoms with van der Waals surface area (Å²) in [5, 5.41) is 17.0. The first-order valence-corrected chi connectivity index (χ1v) is 9.76. The zero-order valence-corrected chi connectivity index (χ0v) is 18.3. The minimum Gasteiger partial charge on any atom is -0.495 e. The van der Waals surface area contributed by atoms with E-state index in [0.717, 1.165) is 0 Å². The van der Waals surface area contributed by atoms with Crippen molar-refractivity contribution in [3.63, 3.8) is 0 Å². The van der Waals surface area contributed by atoms with Crippen molar-refractivity contribution in [1.29, 1.82) is 0 Å². The Morgan fingerprint density at radius 3 is 2.59 bits per heavy atom. The number of rotatable bonds is 8. The topological polar surface area (TPSA) is 129 Å². The number of nitro groups is 1. The van der Waals surface area contributed by atoms with E-state index in [1.165, 1.54) is 32.6 Å². The summed E-state index contributed by atoms with van der Waals surface area (Å²) < 4.78 is 10.9. The molecule has 0 aliphatic carbocycles. The van der Waals surface area contributed by atoms with Gasteiger partial charge in [0.05, 0.1) is 29.4 Å². The molecule has 0 saturated heterocycles. The molecule has 1 aromatic heterocycles. The van der Waals surface area contributed by atoms with Crippen molar-refractivity contribution in [2.75, 3.05) is 19.5 Å². The van der Waals surface area contributed by atoms with E-state index in [2.05, 4.69) is 20.6 Å². The maximum atomic E-state index is 12.0. The van der Waals surface area contributed by atoms with Gasteiger partial charge in [0.15, 0.2) is 5.75 Å². The van der Waals surface area contributed by atoms with Crippen molar-refractivity contribution >= 4 is 34.8 Å². The first-order valence-electron chi connectivity index (χ1n) is 9.38. The molecule has 11 heteroatoms. The molecule has 0 unspecified atom stereocenters. The lowest BCUT2D eigenvalue weighted by Gasteiger charge is -2.13. The van der Waals surface area contributed by atoms with Gasteiger partial charge in [-0.05, 0) is 24.6 Å². The van der Waals surface area contributed by atoms with Gasteiger partial charge < -0.3 is 20.1 Å². The molecule has 1 amide bonds. The highest BCUT2D eigenvalue weighted by molar-refractivity contribution is 6.33. The van der Waals surface area contributed by atoms with Gasteiger partial charge in [-0.3, -0.25) is 14.9 Å². The van der Waals surface area contributed by atoms with Crippen LogP contribution in [-0.2, 0) is 6.61 Å². The lowest BCUT2D eigenvalue weighted by atomic mass is 10.1. The molecule has 0 saturated carbocycles. The molecule has 2 aromatic carbocycles. The molecule has 3 aromatic rings. The largest absolute Gasteiger partial charge is 0.495 e. The second-order valence-electron chi connectivity index (χ2n) is 6.61. The Morgan fingerprint density at radius 2 is 1.97 bits per heavy atom. The number of carbonyl (C=O) groups is 1. The quantitative estimate of drug-likeness (QED) is 0.383. The number of nitro benzene ring substituents is 1. The van der Waals surface area contributed by atoms with E-state index in [-0.39, 0.29) is 24.1 Å². The summed E-state index contributed by atoms with van der Waals surface area (Å²) in [6.07, 6.45) is 2.85. The van der Waals surface area contributed by atoms with E-state index < -0.39 is 4.92 Å². The second kappa shape index (κ2) is 9.92. The molecule has 1 heterocycles. The Hall–Kier alpha value is -3.92. The third-order valence-corrected chi connectivity index (χ3v) is 4.96. The standard InChI is InChI=1S/C21H20ClN5O5/c1-12-5-4-6-16(27(29)30)19(12)26-21-24-9-15(10-25-21)32-11-14-7-13(20(28)23-2)8-17(31-3)18(14)22/h4-10H,11H2,1-3H3,(H,23,28)(H,24,25,26). The lowest BCUT2D eigenvalue weighted by Crippen LogP contribution is -2.18. The fourth-order valence-corrected chi connectivity index (χ4v) is 3.12. The third kappa shape index (κ3) is 5.03. The summed E-state index contributed by atoms with van der Waals surface area (Å²) in [6, 6.07) is 7.90. The summed E-state index contributed by atoms with van der Waals surface area (Å²) in [5.74, 6) is 0.582. The number of halogens is 1. The van der Waals surface area contributed by atoms with Crippen LogP contribution in [-0.4, -0.2) is 35.0 Å². The van der Waals surface area contributed by atoms with Gasteiger partial charge >= 0.3 is 0 Å². The minimum atomic E-state index is -0.474. The fraction of sp³-hybridized carbons (Fsp3) is 0.190. The number of nitrogens with zero attached hydrogens (tertiary/aromatic N) is 3. The van der Waals surface area contributed by atoms with Gasteiger partial charge in [0, 0.05) is 24.2 Å². The van der Waals surface area contributed by atoms with E-state index in [0.29, 0.717) is 38.9 Å². The van der Waals surface area contributed by atoms with Crippen LogP contribution in [0.4, 0.5) is 17.3 Å². The molecule has 0 fully saturated rings. The van der Waals surface area contributed by atoms with Gasteiger partial charge in [-0.15, -0.1) is 0 Å². The van der Waals surface area contributed by atoms with Gasteiger partial charge in [0.1, 0.15) is 18.0 Å². The predicted octanol–water partition coefficient (Wildman–Crippen LogP) is 4.04. The number of amides is 1. The van der Waals surface area contributed by atoms with E-state index in [9.17, 15) is 14.9 Å². The van der Waals surface area contributed by atoms with Crippen molar-refractivity contribution in [3.8, 4) is 11.5 Å². The van der Waals surface area contributed by atoms with Crippen molar-refractivity contribution in [3.05, 3.63) is 74.6 Å². The SMILES string of the molecule is CNC(=O)c1cc(COc2cnc(Nc3c(C)cccc3[N+](=O)[O-])nc2)c(Cl)c(OC)c1. The van der Waals surface area contributed by atoms with Crippen LogP contribution >= 0.6 is 11.6 Å². The molecular formula is C21H20ClN5O5. The van der Waals surface area contributed by atoms with Crippen molar-refractivity contribution in [1.82, 2.24) is 15.3 Å². The summed E-state index contributed by atoms with van der Waals surface area (Å²) in [7, 11) is 2.98. The van der Waals surface area contributed by atoms with E-state index >= 15 is 0 Å². The van der Waals surface area contributed by atoms with Crippen LogP contribution in [0.15, 0.2) is 42.7 Å². The number of hydrogen-bond acceptors (Lipinski definition) is 8. The molecule has 0 radical (unpaired) electrons. The van der Waals surface area contributed by atoms with E-state index in [4.69, 9.17) is 21.1 Å². The average molecular weight is 458 g/mol. The molecule has 2 N–H and O–H groups in total. The number of benzene rings is 2. The second-order valence-corrected chi connectivity index (χ2v) is 6.99. The van der Waals surface area contributed by atoms with Gasteiger partial charge in [0.2, 0.25) is 5.95 Å². The first-order chi connectivity index (χ1) is 15.3. The Labute approximate surface area is 188 Å². The molecule has 0 atom stereocenters. The number of aromatic nitrogens is 2. The summed E-state index contributed by atoms with van der Waals surface area (Å²) >= 11 is 6.33. The third-order valence-electron chi connectivity index (χ3n) is 4.53. The van der Waals surface area contributed by atoms with Crippen LogP contribution in [0.2, 0.25) is 5.02 Å². The molecule has 3 rings (SSSR count). The number of methoxy groups -OCH3 is 1. The zero-order valence-electron chi connectivity index (χ0n) is 17.5.